The van der Waals surface area contributed by atoms with Gasteiger partial charge in [0.25, 0.3) is 0 Å². The van der Waals surface area contributed by atoms with Gasteiger partial charge in [-0.2, -0.15) is 0 Å². The normalized spacial score (nSPS) is 19.1. The number of nitrogens with zero attached hydrogens (tertiary/aromatic N) is 2. The second-order valence-corrected chi connectivity index (χ2v) is 4.52. The fourth-order valence-corrected chi connectivity index (χ4v) is 2.03. The van der Waals surface area contributed by atoms with Crippen LogP contribution in [0.5, 0.6) is 0 Å². The minimum Gasteiger partial charge on any atom is -0.481 e. The van der Waals surface area contributed by atoms with Crippen LogP contribution in [-0.4, -0.2) is 33.3 Å². The van der Waals surface area contributed by atoms with Gasteiger partial charge in [-0.05, 0) is 26.3 Å². The standard InChI is InChI=1S/C13H18N2O3/c1-9-12(4-3-5-13(16)17)14-10(2)15(9)8-11-6-7-18-11/h3-4,11H,5-8H2,1-2H3,(H,16,17)/b4-3-. The summed E-state index contributed by atoms with van der Waals surface area (Å²) in [5, 5.41) is 8.59. The molecule has 0 radical (unpaired) electrons. The number of aryl methyl sites for hydroxylation is 1. The molecule has 0 spiro atoms. The van der Waals surface area contributed by atoms with Crippen LogP contribution in [0.1, 0.15) is 30.1 Å². The predicted octanol–water partition coefficient (Wildman–Crippen LogP) is 1.78. The third kappa shape index (κ3) is 2.79. The van der Waals surface area contributed by atoms with Crippen LogP contribution in [0.4, 0.5) is 0 Å². The highest BCUT2D eigenvalue weighted by atomic mass is 16.5. The van der Waals surface area contributed by atoms with E-state index in [1.165, 1.54) is 0 Å². The molecule has 1 unspecified atom stereocenters. The molecule has 0 saturated carbocycles. The fraction of sp³-hybridized carbons (Fsp3) is 0.538. The topological polar surface area (TPSA) is 64.3 Å². The summed E-state index contributed by atoms with van der Waals surface area (Å²) < 4.78 is 7.55. The van der Waals surface area contributed by atoms with Gasteiger partial charge in [-0.15, -0.1) is 0 Å². The number of aliphatic carboxylic acids is 1. The summed E-state index contributed by atoms with van der Waals surface area (Å²) in [5.74, 6) is 0.112. The van der Waals surface area contributed by atoms with Gasteiger partial charge in [-0.1, -0.05) is 6.08 Å². The highest BCUT2D eigenvalue weighted by Crippen LogP contribution is 2.18. The largest absolute Gasteiger partial charge is 0.481 e. The molecular formula is C13H18N2O3. The van der Waals surface area contributed by atoms with E-state index in [1.807, 2.05) is 13.8 Å². The van der Waals surface area contributed by atoms with E-state index in [2.05, 4.69) is 9.55 Å². The van der Waals surface area contributed by atoms with Crippen molar-refractivity contribution in [2.24, 2.45) is 0 Å². The first-order valence-electron chi connectivity index (χ1n) is 6.11. The average molecular weight is 250 g/mol. The lowest BCUT2D eigenvalue weighted by molar-refractivity contribution is -0.135. The molecule has 0 amide bonds. The Labute approximate surface area is 106 Å². The molecule has 1 saturated heterocycles. The van der Waals surface area contributed by atoms with Crippen molar-refractivity contribution >= 4 is 12.0 Å². The summed E-state index contributed by atoms with van der Waals surface area (Å²) in [4.78, 5) is 14.9. The molecule has 18 heavy (non-hydrogen) atoms. The third-order valence-electron chi connectivity index (χ3n) is 3.20. The second-order valence-electron chi connectivity index (χ2n) is 4.52. The molecule has 98 valence electrons. The number of ether oxygens (including phenoxy) is 1. The Balaban J connectivity index is 2.09. The van der Waals surface area contributed by atoms with E-state index in [-0.39, 0.29) is 6.42 Å². The lowest BCUT2D eigenvalue weighted by atomic mass is 10.2. The minimum atomic E-state index is -0.831. The molecule has 1 aromatic heterocycles. The van der Waals surface area contributed by atoms with Crippen molar-refractivity contribution < 1.29 is 14.6 Å². The van der Waals surface area contributed by atoms with E-state index >= 15 is 0 Å². The number of carboxylic acids is 1. The molecule has 0 aromatic carbocycles. The number of hydrogen-bond acceptors (Lipinski definition) is 3. The maximum Gasteiger partial charge on any atom is 0.307 e. The van der Waals surface area contributed by atoms with E-state index in [9.17, 15) is 4.79 Å². The van der Waals surface area contributed by atoms with Crippen molar-refractivity contribution in [1.82, 2.24) is 9.55 Å². The Morgan fingerprint density at radius 1 is 1.61 bits per heavy atom. The molecule has 1 fully saturated rings. The van der Waals surface area contributed by atoms with E-state index in [0.717, 1.165) is 36.8 Å². The molecule has 1 aromatic rings. The van der Waals surface area contributed by atoms with Gasteiger partial charge in [0.15, 0.2) is 0 Å². The lowest BCUT2D eigenvalue weighted by Gasteiger charge is -2.27. The van der Waals surface area contributed by atoms with E-state index < -0.39 is 5.97 Å². The number of aromatic nitrogens is 2. The third-order valence-corrected chi connectivity index (χ3v) is 3.20. The summed E-state index contributed by atoms with van der Waals surface area (Å²) in [6, 6.07) is 0. The molecule has 1 N–H and O–H groups in total. The Kier molecular flexibility index (Phi) is 3.81. The van der Waals surface area contributed by atoms with Gasteiger partial charge >= 0.3 is 5.97 Å². The molecule has 0 aliphatic carbocycles. The van der Waals surface area contributed by atoms with Crippen LogP contribution in [0.2, 0.25) is 0 Å². The van der Waals surface area contributed by atoms with Crippen molar-refractivity contribution in [2.75, 3.05) is 6.61 Å². The molecule has 1 atom stereocenters. The monoisotopic (exact) mass is 250 g/mol. The molecule has 2 heterocycles. The van der Waals surface area contributed by atoms with Gasteiger partial charge in [0, 0.05) is 12.3 Å². The second kappa shape index (κ2) is 5.35. The summed E-state index contributed by atoms with van der Waals surface area (Å²) in [7, 11) is 0. The van der Waals surface area contributed by atoms with Gasteiger partial charge in [-0.3, -0.25) is 4.79 Å². The Morgan fingerprint density at radius 2 is 2.33 bits per heavy atom. The summed E-state index contributed by atoms with van der Waals surface area (Å²) in [6.45, 7) is 5.64. The van der Waals surface area contributed by atoms with Crippen molar-refractivity contribution in [3.05, 3.63) is 23.3 Å². The molecule has 1 aliphatic heterocycles. The molecule has 5 nitrogen and oxygen atoms in total. The molecule has 0 bridgehead atoms. The van der Waals surface area contributed by atoms with Crippen molar-refractivity contribution in [3.63, 3.8) is 0 Å². The fourth-order valence-electron chi connectivity index (χ4n) is 2.03. The van der Waals surface area contributed by atoms with Gasteiger partial charge in [0.2, 0.25) is 0 Å². The van der Waals surface area contributed by atoms with Crippen molar-refractivity contribution in [2.45, 2.75) is 39.3 Å². The van der Waals surface area contributed by atoms with Crippen LogP contribution < -0.4 is 0 Å². The Bertz CT molecular complexity index is 473. The van der Waals surface area contributed by atoms with E-state index in [1.54, 1.807) is 12.2 Å². The number of hydrogen-bond donors (Lipinski definition) is 1. The minimum absolute atomic E-state index is 0.0249. The summed E-state index contributed by atoms with van der Waals surface area (Å²) >= 11 is 0. The van der Waals surface area contributed by atoms with Crippen LogP contribution >= 0.6 is 0 Å². The molecule has 5 heteroatoms. The summed E-state index contributed by atoms with van der Waals surface area (Å²) in [6.07, 6.45) is 4.82. The first kappa shape index (κ1) is 12.8. The maximum absolute atomic E-state index is 10.4. The lowest BCUT2D eigenvalue weighted by Crippen LogP contribution is -2.31. The SMILES string of the molecule is Cc1nc(/C=C\CC(=O)O)c(C)n1CC1CCO1. The highest BCUT2D eigenvalue weighted by molar-refractivity contribution is 5.70. The van der Waals surface area contributed by atoms with Gasteiger partial charge < -0.3 is 14.4 Å². The van der Waals surface area contributed by atoms with Crippen molar-refractivity contribution in [1.29, 1.82) is 0 Å². The average Bonchev–Trinajstić information content (AvgIpc) is 2.49. The first-order chi connectivity index (χ1) is 8.58. The van der Waals surface area contributed by atoms with Crippen LogP contribution in [0.15, 0.2) is 6.08 Å². The number of rotatable bonds is 5. The van der Waals surface area contributed by atoms with Crippen molar-refractivity contribution in [3.8, 4) is 0 Å². The molecule has 2 rings (SSSR count). The van der Waals surface area contributed by atoms with Crippen LogP contribution in [0, 0.1) is 13.8 Å². The van der Waals surface area contributed by atoms with Crippen LogP contribution in [0.3, 0.4) is 0 Å². The zero-order chi connectivity index (χ0) is 13.1. The zero-order valence-electron chi connectivity index (χ0n) is 10.7. The first-order valence-corrected chi connectivity index (χ1v) is 6.11. The zero-order valence-corrected chi connectivity index (χ0v) is 10.7. The maximum atomic E-state index is 10.4. The van der Waals surface area contributed by atoms with Gasteiger partial charge in [0.05, 0.1) is 24.8 Å². The molecule has 1 aliphatic rings. The number of imidazole rings is 1. The Hall–Kier alpha value is -1.62. The summed E-state index contributed by atoms with van der Waals surface area (Å²) in [5.41, 5.74) is 1.90. The molecular weight excluding hydrogens is 232 g/mol. The van der Waals surface area contributed by atoms with Crippen LogP contribution in [0.25, 0.3) is 6.08 Å². The van der Waals surface area contributed by atoms with Gasteiger partial charge in [-0.25, -0.2) is 4.98 Å². The van der Waals surface area contributed by atoms with Crippen LogP contribution in [-0.2, 0) is 16.1 Å². The predicted molar refractivity (Wildman–Crippen MR) is 67.3 cm³/mol. The number of carboxylic acid groups (broad SMARTS) is 1. The highest BCUT2D eigenvalue weighted by Gasteiger charge is 2.20. The van der Waals surface area contributed by atoms with E-state index in [0.29, 0.717) is 6.10 Å². The quantitative estimate of drug-likeness (QED) is 0.865. The van der Waals surface area contributed by atoms with E-state index in [4.69, 9.17) is 9.84 Å². The van der Waals surface area contributed by atoms with Gasteiger partial charge in [0.1, 0.15) is 5.82 Å². The smallest absolute Gasteiger partial charge is 0.307 e. The Morgan fingerprint density at radius 3 is 2.89 bits per heavy atom. The number of carbonyl (C=O) groups is 1.